The topological polar surface area (TPSA) is 51.6 Å². The predicted molar refractivity (Wildman–Crippen MR) is 65.9 cm³/mol. The van der Waals surface area contributed by atoms with Crippen molar-refractivity contribution in [3.05, 3.63) is 41.7 Å². The van der Waals surface area contributed by atoms with Crippen LogP contribution >= 0.6 is 0 Å². The molecule has 5 nitrogen and oxygen atoms in total. The predicted octanol–water partition coefficient (Wildman–Crippen LogP) is 2.22. The third-order valence-corrected chi connectivity index (χ3v) is 2.66. The van der Waals surface area contributed by atoms with Gasteiger partial charge in [0, 0.05) is 26.3 Å². The van der Waals surface area contributed by atoms with E-state index in [2.05, 4.69) is 10.1 Å². The van der Waals surface area contributed by atoms with Gasteiger partial charge in [-0.3, -0.25) is 4.90 Å². The van der Waals surface area contributed by atoms with Crippen LogP contribution in [0.5, 0.6) is 0 Å². The Labute approximate surface area is 106 Å². The van der Waals surface area contributed by atoms with Gasteiger partial charge in [-0.1, -0.05) is 5.16 Å². The summed E-state index contributed by atoms with van der Waals surface area (Å²) >= 11 is 0. The summed E-state index contributed by atoms with van der Waals surface area (Å²) in [5.74, 6) is 1.88. The minimum atomic E-state index is 0.678. The first-order chi connectivity index (χ1) is 8.78. The van der Waals surface area contributed by atoms with Crippen LogP contribution in [0.2, 0.25) is 0 Å². The van der Waals surface area contributed by atoms with E-state index in [1.165, 1.54) is 0 Å². The first-order valence-electron chi connectivity index (χ1n) is 5.94. The highest BCUT2D eigenvalue weighted by Gasteiger charge is 2.10. The second kappa shape index (κ2) is 6.37. The van der Waals surface area contributed by atoms with E-state index in [9.17, 15) is 0 Å². The van der Waals surface area contributed by atoms with Crippen molar-refractivity contribution in [1.29, 1.82) is 0 Å². The van der Waals surface area contributed by atoms with E-state index < -0.39 is 0 Å². The van der Waals surface area contributed by atoms with Crippen molar-refractivity contribution >= 4 is 0 Å². The molecule has 2 heterocycles. The standard InChI is InChI=1S/C13H18N2O3/c1-11-3-4-13(18-11)10-15(6-8-16-2)9-12-5-7-17-14-12/h3-5,7H,6,8-10H2,1-2H3. The average molecular weight is 250 g/mol. The molecular formula is C13H18N2O3. The molecule has 0 amide bonds. The van der Waals surface area contributed by atoms with Gasteiger partial charge in [-0.15, -0.1) is 0 Å². The lowest BCUT2D eigenvalue weighted by molar-refractivity contribution is 0.133. The summed E-state index contributed by atoms with van der Waals surface area (Å²) in [5, 5.41) is 3.92. The Morgan fingerprint density at radius 2 is 2.17 bits per heavy atom. The van der Waals surface area contributed by atoms with Gasteiger partial charge < -0.3 is 13.7 Å². The van der Waals surface area contributed by atoms with E-state index in [-0.39, 0.29) is 0 Å². The molecule has 0 unspecified atom stereocenters. The van der Waals surface area contributed by atoms with Crippen LogP contribution in [-0.2, 0) is 17.8 Å². The number of hydrogen-bond acceptors (Lipinski definition) is 5. The summed E-state index contributed by atoms with van der Waals surface area (Å²) in [7, 11) is 1.70. The van der Waals surface area contributed by atoms with Crippen LogP contribution in [0, 0.1) is 6.92 Å². The summed E-state index contributed by atoms with van der Waals surface area (Å²) in [5.41, 5.74) is 0.911. The van der Waals surface area contributed by atoms with Gasteiger partial charge in [0.15, 0.2) is 0 Å². The molecule has 0 aliphatic carbocycles. The number of methoxy groups -OCH3 is 1. The molecule has 0 aliphatic rings. The fourth-order valence-electron chi connectivity index (χ4n) is 1.77. The van der Waals surface area contributed by atoms with Gasteiger partial charge in [-0.2, -0.15) is 0 Å². The molecule has 2 aromatic rings. The van der Waals surface area contributed by atoms with Gasteiger partial charge in [-0.05, 0) is 19.1 Å². The van der Waals surface area contributed by atoms with Crippen LogP contribution in [0.4, 0.5) is 0 Å². The van der Waals surface area contributed by atoms with Crippen molar-refractivity contribution in [2.75, 3.05) is 20.3 Å². The number of rotatable bonds is 7. The van der Waals surface area contributed by atoms with E-state index in [1.807, 2.05) is 25.1 Å². The van der Waals surface area contributed by atoms with Crippen molar-refractivity contribution in [3.8, 4) is 0 Å². The SMILES string of the molecule is COCCN(Cc1ccon1)Cc1ccc(C)o1. The number of aromatic nitrogens is 1. The minimum absolute atomic E-state index is 0.678. The molecule has 98 valence electrons. The monoisotopic (exact) mass is 250 g/mol. The van der Waals surface area contributed by atoms with Crippen molar-refractivity contribution in [2.24, 2.45) is 0 Å². The molecule has 2 rings (SSSR count). The number of hydrogen-bond donors (Lipinski definition) is 0. The van der Waals surface area contributed by atoms with Crippen LogP contribution in [0.15, 0.2) is 33.4 Å². The van der Waals surface area contributed by atoms with Crippen LogP contribution in [0.3, 0.4) is 0 Å². The fraction of sp³-hybridized carbons (Fsp3) is 0.462. The molecule has 0 saturated heterocycles. The Kier molecular flexibility index (Phi) is 4.55. The molecule has 0 spiro atoms. The maximum atomic E-state index is 5.59. The highest BCUT2D eigenvalue weighted by Crippen LogP contribution is 2.11. The van der Waals surface area contributed by atoms with E-state index in [1.54, 1.807) is 13.4 Å². The number of furan rings is 1. The van der Waals surface area contributed by atoms with E-state index >= 15 is 0 Å². The highest BCUT2D eigenvalue weighted by atomic mass is 16.5. The molecule has 0 aliphatic heterocycles. The van der Waals surface area contributed by atoms with Gasteiger partial charge >= 0.3 is 0 Å². The van der Waals surface area contributed by atoms with E-state index in [0.717, 1.165) is 36.8 Å². The smallest absolute Gasteiger partial charge is 0.124 e. The van der Waals surface area contributed by atoms with Crippen LogP contribution in [0.1, 0.15) is 17.2 Å². The van der Waals surface area contributed by atoms with Gasteiger partial charge in [0.2, 0.25) is 0 Å². The van der Waals surface area contributed by atoms with Crippen LogP contribution in [0.25, 0.3) is 0 Å². The molecular weight excluding hydrogens is 232 g/mol. The van der Waals surface area contributed by atoms with Gasteiger partial charge in [0.1, 0.15) is 17.8 Å². The Morgan fingerprint density at radius 1 is 1.28 bits per heavy atom. The first-order valence-corrected chi connectivity index (χ1v) is 5.94. The summed E-state index contributed by atoms with van der Waals surface area (Å²) in [6.45, 7) is 4.91. The first kappa shape index (κ1) is 12.9. The van der Waals surface area contributed by atoms with Gasteiger partial charge in [0.05, 0.1) is 18.8 Å². The molecule has 0 N–H and O–H groups in total. The van der Waals surface area contributed by atoms with Crippen molar-refractivity contribution in [3.63, 3.8) is 0 Å². The lowest BCUT2D eigenvalue weighted by atomic mass is 10.3. The maximum Gasteiger partial charge on any atom is 0.124 e. The zero-order valence-electron chi connectivity index (χ0n) is 10.8. The molecule has 0 bridgehead atoms. The van der Waals surface area contributed by atoms with Crippen molar-refractivity contribution in [2.45, 2.75) is 20.0 Å². The third-order valence-electron chi connectivity index (χ3n) is 2.66. The molecule has 0 atom stereocenters. The molecule has 5 heteroatoms. The quantitative estimate of drug-likeness (QED) is 0.754. The highest BCUT2D eigenvalue weighted by molar-refractivity contribution is 5.06. The second-order valence-electron chi connectivity index (χ2n) is 4.21. The normalized spacial score (nSPS) is 11.3. The van der Waals surface area contributed by atoms with Crippen LogP contribution in [-0.4, -0.2) is 30.3 Å². The molecule has 0 saturated carbocycles. The van der Waals surface area contributed by atoms with Crippen LogP contribution < -0.4 is 0 Å². The minimum Gasteiger partial charge on any atom is -0.465 e. The molecule has 2 aromatic heterocycles. The van der Waals surface area contributed by atoms with E-state index in [0.29, 0.717) is 6.61 Å². The van der Waals surface area contributed by atoms with Crippen molar-refractivity contribution < 1.29 is 13.7 Å². The molecule has 0 fully saturated rings. The lowest BCUT2D eigenvalue weighted by Gasteiger charge is -2.19. The maximum absolute atomic E-state index is 5.59. The second-order valence-corrected chi connectivity index (χ2v) is 4.21. The summed E-state index contributed by atoms with van der Waals surface area (Å²) in [6, 6.07) is 5.84. The number of aryl methyl sites for hydroxylation is 1. The Morgan fingerprint density at radius 3 is 2.78 bits per heavy atom. The molecule has 18 heavy (non-hydrogen) atoms. The Balaban J connectivity index is 1.95. The summed E-state index contributed by atoms with van der Waals surface area (Å²) in [6.07, 6.45) is 1.58. The van der Waals surface area contributed by atoms with Gasteiger partial charge in [-0.25, -0.2) is 0 Å². The third kappa shape index (κ3) is 3.72. The van der Waals surface area contributed by atoms with Crippen molar-refractivity contribution in [1.82, 2.24) is 10.1 Å². The fourth-order valence-corrected chi connectivity index (χ4v) is 1.77. The molecule has 0 aromatic carbocycles. The Bertz CT molecular complexity index is 451. The summed E-state index contributed by atoms with van der Waals surface area (Å²) in [4.78, 5) is 2.21. The lowest BCUT2D eigenvalue weighted by Crippen LogP contribution is -2.26. The molecule has 0 radical (unpaired) electrons. The number of nitrogens with zero attached hydrogens (tertiary/aromatic N) is 2. The average Bonchev–Trinajstić information content (AvgIpc) is 2.98. The van der Waals surface area contributed by atoms with Gasteiger partial charge in [0.25, 0.3) is 0 Å². The van der Waals surface area contributed by atoms with E-state index in [4.69, 9.17) is 13.7 Å². The zero-order chi connectivity index (χ0) is 12.8. The zero-order valence-corrected chi connectivity index (χ0v) is 10.8. The Hall–Kier alpha value is -1.59. The summed E-state index contributed by atoms with van der Waals surface area (Å²) < 4.78 is 15.5. The largest absolute Gasteiger partial charge is 0.465 e. The number of ether oxygens (including phenoxy) is 1.